The van der Waals surface area contributed by atoms with Gasteiger partial charge in [0.1, 0.15) is 0 Å². The SMILES string of the molecule is CC(C)NC(=O)CN1CCCCCC1. The first kappa shape index (κ1) is 11.5. The molecule has 1 amide bonds. The van der Waals surface area contributed by atoms with E-state index in [4.69, 9.17) is 0 Å². The molecule has 3 heteroatoms. The maximum Gasteiger partial charge on any atom is 0.234 e. The summed E-state index contributed by atoms with van der Waals surface area (Å²) in [5, 5.41) is 2.93. The first-order valence-electron chi connectivity index (χ1n) is 5.70. The molecule has 1 aliphatic heterocycles. The molecule has 0 bridgehead atoms. The van der Waals surface area contributed by atoms with E-state index in [1.807, 2.05) is 13.8 Å². The van der Waals surface area contributed by atoms with E-state index in [1.54, 1.807) is 0 Å². The van der Waals surface area contributed by atoms with Gasteiger partial charge in [-0.3, -0.25) is 9.69 Å². The minimum Gasteiger partial charge on any atom is -0.353 e. The molecule has 0 atom stereocenters. The zero-order valence-corrected chi connectivity index (χ0v) is 9.38. The van der Waals surface area contributed by atoms with Crippen molar-refractivity contribution in [3.8, 4) is 0 Å². The molecule has 1 N–H and O–H groups in total. The first-order chi connectivity index (χ1) is 6.68. The fourth-order valence-electron chi connectivity index (χ4n) is 1.87. The predicted molar refractivity (Wildman–Crippen MR) is 58.2 cm³/mol. The van der Waals surface area contributed by atoms with Crippen LogP contribution in [0.25, 0.3) is 0 Å². The van der Waals surface area contributed by atoms with Gasteiger partial charge in [0.2, 0.25) is 5.91 Å². The van der Waals surface area contributed by atoms with Gasteiger partial charge in [-0.1, -0.05) is 12.8 Å². The van der Waals surface area contributed by atoms with Crippen LogP contribution in [-0.4, -0.2) is 36.5 Å². The van der Waals surface area contributed by atoms with Crippen molar-refractivity contribution in [2.75, 3.05) is 19.6 Å². The molecule has 0 spiro atoms. The molecule has 0 unspecified atom stereocenters. The van der Waals surface area contributed by atoms with Gasteiger partial charge in [-0.15, -0.1) is 0 Å². The minimum atomic E-state index is 0.168. The van der Waals surface area contributed by atoms with Gasteiger partial charge in [0, 0.05) is 6.04 Å². The quantitative estimate of drug-likeness (QED) is 0.743. The highest BCUT2D eigenvalue weighted by Gasteiger charge is 2.12. The van der Waals surface area contributed by atoms with E-state index >= 15 is 0 Å². The fraction of sp³-hybridized carbons (Fsp3) is 0.909. The molecular weight excluding hydrogens is 176 g/mol. The van der Waals surface area contributed by atoms with Crippen LogP contribution in [0.15, 0.2) is 0 Å². The standard InChI is InChI=1S/C11H22N2O/c1-10(2)12-11(14)9-13-7-5-3-4-6-8-13/h10H,3-9H2,1-2H3,(H,12,14). The van der Waals surface area contributed by atoms with E-state index < -0.39 is 0 Å². The lowest BCUT2D eigenvalue weighted by atomic mass is 10.2. The fourth-order valence-corrected chi connectivity index (χ4v) is 1.87. The number of carbonyl (C=O) groups is 1. The van der Waals surface area contributed by atoms with Crippen LogP contribution in [0.3, 0.4) is 0 Å². The van der Waals surface area contributed by atoms with Gasteiger partial charge in [-0.05, 0) is 39.8 Å². The van der Waals surface area contributed by atoms with E-state index in [-0.39, 0.29) is 11.9 Å². The summed E-state index contributed by atoms with van der Waals surface area (Å²) >= 11 is 0. The Balaban J connectivity index is 2.23. The second-order valence-corrected chi connectivity index (χ2v) is 4.41. The summed E-state index contributed by atoms with van der Waals surface area (Å²) in [5.74, 6) is 0.168. The van der Waals surface area contributed by atoms with Crippen molar-refractivity contribution >= 4 is 5.91 Å². The lowest BCUT2D eigenvalue weighted by molar-refractivity contribution is -0.122. The van der Waals surface area contributed by atoms with E-state index in [2.05, 4.69) is 10.2 Å². The number of amides is 1. The number of rotatable bonds is 3. The highest BCUT2D eigenvalue weighted by molar-refractivity contribution is 5.78. The van der Waals surface area contributed by atoms with Crippen molar-refractivity contribution in [2.45, 2.75) is 45.6 Å². The van der Waals surface area contributed by atoms with E-state index in [9.17, 15) is 4.79 Å². The summed E-state index contributed by atoms with van der Waals surface area (Å²) < 4.78 is 0. The van der Waals surface area contributed by atoms with Crippen LogP contribution in [0, 0.1) is 0 Å². The average Bonchev–Trinajstić information content (AvgIpc) is 2.31. The Labute approximate surface area is 86.9 Å². The lowest BCUT2D eigenvalue weighted by Crippen LogP contribution is -2.40. The predicted octanol–water partition coefficient (Wildman–Crippen LogP) is 1.39. The molecule has 1 rings (SSSR count). The first-order valence-corrected chi connectivity index (χ1v) is 5.70. The van der Waals surface area contributed by atoms with Gasteiger partial charge in [0.25, 0.3) is 0 Å². The zero-order valence-electron chi connectivity index (χ0n) is 9.38. The molecule has 0 saturated carbocycles. The summed E-state index contributed by atoms with van der Waals surface area (Å²) in [4.78, 5) is 13.7. The average molecular weight is 198 g/mol. The van der Waals surface area contributed by atoms with E-state index in [0.717, 1.165) is 13.1 Å². The minimum absolute atomic E-state index is 0.168. The number of nitrogens with zero attached hydrogens (tertiary/aromatic N) is 1. The molecule has 0 aromatic carbocycles. The van der Waals surface area contributed by atoms with Gasteiger partial charge in [-0.2, -0.15) is 0 Å². The molecule has 0 aromatic heterocycles. The van der Waals surface area contributed by atoms with Crippen LogP contribution in [0.5, 0.6) is 0 Å². The molecule has 1 aliphatic rings. The third-order valence-corrected chi connectivity index (χ3v) is 2.52. The van der Waals surface area contributed by atoms with Crippen LogP contribution >= 0.6 is 0 Å². The highest BCUT2D eigenvalue weighted by atomic mass is 16.2. The Hall–Kier alpha value is -0.570. The molecule has 3 nitrogen and oxygen atoms in total. The maximum absolute atomic E-state index is 11.5. The molecule has 1 fully saturated rings. The Morgan fingerprint density at radius 2 is 1.79 bits per heavy atom. The second kappa shape index (κ2) is 6.02. The van der Waals surface area contributed by atoms with Crippen molar-refractivity contribution in [2.24, 2.45) is 0 Å². The topological polar surface area (TPSA) is 32.3 Å². The van der Waals surface area contributed by atoms with Crippen molar-refractivity contribution in [1.29, 1.82) is 0 Å². The smallest absolute Gasteiger partial charge is 0.234 e. The molecular formula is C11H22N2O. The molecule has 0 aromatic rings. The van der Waals surface area contributed by atoms with Crippen molar-refractivity contribution in [3.63, 3.8) is 0 Å². The number of hydrogen-bond acceptors (Lipinski definition) is 2. The summed E-state index contributed by atoms with van der Waals surface area (Å²) in [6.07, 6.45) is 5.13. The van der Waals surface area contributed by atoms with Crippen LogP contribution in [0.1, 0.15) is 39.5 Å². The van der Waals surface area contributed by atoms with Crippen molar-refractivity contribution in [3.05, 3.63) is 0 Å². The number of carbonyl (C=O) groups excluding carboxylic acids is 1. The Morgan fingerprint density at radius 1 is 1.21 bits per heavy atom. The Morgan fingerprint density at radius 3 is 2.29 bits per heavy atom. The summed E-state index contributed by atoms with van der Waals surface area (Å²) in [6.45, 7) is 6.76. The second-order valence-electron chi connectivity index (χ2n) is 4.41. The Bertz CT molecular complexity index is 172. The zero-order chi connectivity index (χ0) is 10.4. The third-order valence-electron chi connectivity index (χ3n) is 2.52. The number of nitrogens with one attached hydrogen (secondary N) is 1. The molecule has 14 heavy (non-hydrogen) atoms. The summed E-state index contributed by atoms with van der Waals surface area (Å²) in [5.41, 5.74) is 0. The molecule has 82 valence electrons. The molecule has 0 aliphatic carbocycles. The van der Waals surface area contributed by atoms with Crippen molar-refractivity contribution < 1.29 is 4.79 Å². The van der Waals surface area contributed by atoms with Crippen LogP contribution in [0.2, 0.25) is 0 Å². The number of likely N-dealkylation sites (tertiary alicyclic amines) is 1. The third kappa shape index (κ3) is 4.61. The van der Waals surface area contributed by atoms with Crippen LogP contribution < -0.4 is 5.32 Å². The van der Waals surface area contributed by atoms with Crippen LogP contribution in [-0.2, 0) is 4.79 Å². The van der Waals surface area contributed by atoms with Gasteiger partial charge in [0.15, 0.2) is 0 Å². The van der Waals surface area contributed by atoms with Crippen LogP contribution in [0.4, 0.5) is 0 Å². The molecule has 1 heterocycles. The van der Waals surface area contributed by atoms with Gasteiger partial charge >= 0.3 is 0 Å². The number of hydrogen-bond donors (Lipinski definition) is 1. The van der Waals surface area contributed by atoms with Gasteiger partial charge < -0.3 is 5.32 Å². The van der Waals surface area contributed by atoms with Gasteiger partial charge in [0.05, 0.1) is 6.54 Å². The van der Waals surface area contributed by atoms with Crippen molar-refractivity contribution in [1.82, 2.24) is 10.2 Å². The maximum atomic E-state index is 11.5. The monoisotopic (exact) mass is 198 g/mol. The summed E-state index contributed by atoms with van der Waals surface area (Å²) in [6, 6.07) is 0.259. The molecule has 0 radical (unpaired) electrons. The molecule has 1 saturated heterocycles. The normalized spacial score (nSPS) is 19.4. The van der Waals surface area contributed by atoms with Gasteiger partial charge in [-0.25, -0.2) is 0 Å². The Kier molecular flexibility index (Phi) is 4.94. The van der Waals surface area contributed by atoms with E-state index in [1.165, 1.54) is 25.7 Å². The lowest BCUT2D eigenvalue weighted by Gasteiger charge is -2.19. The highest BCUT2D eigenvalue weighted by Crippen LogP contribution is 2.08. The van der Waals surface area contributed by atoms with E-state index in [0.29, 0.717) is 6.54 Å². The largest absolute Gasteiger partial charge is 0.353 e. The summed E-state index contributed by atoms with van der Waals surface area (Å²) in [7, 11) is 0.